The summed E-state index contributed by atoms with van der Waals surface area (Å²) >= 11 is 9.44. The number of benzene rings is 2. The van der Waals surface area contributed by atoms with Crippen LogP contribution in [0.2, 0.25) is 5.02 Å². The van der Waals surface area contributed by atoms with Gasteiger partial charge in [-0.2, -0.15) is 0 Å². The second-order valence-corrected chi connectivity index (χ2v) is 7.75. The SMILES string of the molecule is CC12CCCN1c1ccc(Br)cc1C(=O)N2Nc1ccc(Cl)cc1. The summed E-state index contributed by atoms with van der Waals surface area (Å²) in [6.07, 6.45) is 1.98. The number of amides is 1. The maximum Gasteiger partial charge on any atom is 0.276 e. The van der Waals surface area contributed by atoms with Crippen molar-refractivity contribution in [3.05, 3.63) is 57.5 Å². The zero-order valence-corrected chi connectivity index (χ0v) is 15.6. The van der Waals surface area contributed by atoms with E-state index in [1.165, 1.54) is 0 Å². The van der Waals surface area contributed by atoms with Crippen LogP contribution in [0.15, 0.2) is 46.9 Å². The van der Waals surface area contributed by atoms with E-state index in [0.29, 0.717) is 10.6 Å². The minimum Gasteiger partial charge on any atom is -0.347 e. The van der Waals surface area contributed by atoms with Gasteiger partial charge in [0.15, 0.2) is 0 Å². The molecule has 0 aromatic heterocycles. The van der Waals surface area contributed by atoms with Gasteiger partial charge in [-0.25, -0.2) is 5.01 Å². The summed E-state index contributed by atoms with van der Waals surface area (Å²) in [6.45, 7) is 3.06. The van der Waals surface area contributed by atoms with Crippen LogP contribution < -0.4 is 10.3 Å². The largest absolute Gasteiger partial charge is 0.347 e. The fraction of sp³-hybridized carbons (Fsp3) is 0.278. The van der Waals surface area contributed by atoms with Gasteiger partial charge in [0.25, 0.3) is 5.91 Å². The molecule has 0 radical (unpaired) electrons. The van der Waals surface area contributed by atoms with E-state index >= 15 is 0 Å². The molecule has 1 N–H and O–H groups in total. The molecule has 6 heteroatoms. The first-order chi connectivity index (χ1) is 11.5. The molecule has 2 aliphatic heterocycles. The Morgan fingerprint density at radius 2 is 1.96 bits per heavy atom. The highest BCUT2D eigenvalue weighted by atomic mass is 79.9. The normalized spacial score (nSPS) is 22.4. The molecule has 4 rings (SSSR count). The minimum atomic E-state index is -0.377. The Kier molecular flexibility index (Phi) is 3.73. The second kappa shape index (κ2) is 5.67. The highest BCUT2D eigenvalue weighted by Gasteiger charge is 2.49. The number of carbonyl (C=O) groups is 1. The van der Waals surface area contributed by atoms with E-state index in [1.807, 2.05) is 42.5 Å². The van der Waals surface area contributed by atoms with Crippen LogP contribution >= 0.6 is 27.5 Å². The quantitative estimate of drug-likeness (QED) is 0.770. The number of halogens is 2. The van der Waals surface area contributed by atoms with Gasteiger partial charge < -0.3 is 4.90 Å². The minimum absolute atomic E-state index is 0.0121. The molecule has 24 heavy (non-hydrogen) atoms. The van der Waals surface area contributed by atoms with E-state index in [1.54, 1.807) is 5.01 Å². The van der Waals surface area contributed by atoms with E-state index in [-0.39, 0.29) is 11.6 Å². The van der Waals surface area contributed by atoms with Gasteiger partial charge in [-0.1, -0.05) is 27.5 Å². The molecule has 2 aliphatic rings. The number of anilines is 2. The van der Waals surface area contributed by atoms with Gasteiger partial charge in [0.2, 0.25) is 0 Å². The first kappa shape index (κ1) is 15.8. The van der Waals surface area contributed by atoms with Crippen molar-refractivity contribution in [2.24, 2.45) is 0 Å². The fourth-order valence-electron chi connectivity index (χ4n) is 3.64. The maximum absolute atomic E-state index is 13.2. The molecule has 1 atom stereocenters. The van der Waals surface area contributed by atoms with Crippen molar-refractivity contribution in [1.82, 2.24) is 5.01 Å². The lowest BCUT2D eigenvalue weighted by atomic mass is 10.0. The summed E-state index contributed by atoms with van der Waals surface area (Å²) in [5, 5.41) is 2.44. The third-order valence-electron chi connectivity index (χ3n) is 4.86. The van der Waals surface area contributed by atoms with Crippen LogP contribution in [0, 0.1) is 0 Å². The van der Waals surface area contributed by atoms with E-state index in [9.17, 15) is 4.79 Å². The lowest BCUT2D eigenvalue weighted by Crippen LogP contribution is -2.63. The summed E-state index contributed by atoms with van der Waals surface area (Å²) in [4.78, 5) is 15.5. The van der Waals surface area contributed by atoms with Gasteiger partial charge in [0, 0.05) is 16.0 Å². The molecule has 0 bridgehead atoms. The van der Waals surface area contributed by atoms with Crippen molar-refractivity contribution in [1.29, 1.82) is 0 Å². The molecular formula is C18H17BrClN3O. The first-order valence-electron chi connectivity index (χ1n) is 7.93. The van der Waals surface area contributed by atoms with E-state index < -0.39 is 0 Å². The number of nitrogens with one attached hydrogen (secondary N) is 1. The van der Waals surface area contributed by atoms with E-state index in [0.717, 1.165) is 35.2 Å². The molecule has 1 saturated heterocycles. The molecule has 2 aromatic carbocycles. The molecule has 2 aromatic rings. The van der Waals surface area contributed by atoms with Gasteiger partial charge in [-0.05, 0) is 62.2 Å². The molecule has 2 heterocycles. The van der Waals surface area contributed by atoms with Gasteiger partial charge in [0.1, 0.15) is 5.66 Å². The van der Waals surface area contributed by atoms with Crippen LogP contribution in [-0.2, 0) is 0 Å². The van der Waals surface area contributed by atoms with Gasteiger partial charge in [0.05, 0.1) is 16.9 Å². The lowest BCUT2D eigenvalue weighted by molar-refractivity contribution is 0.0580. The third kappa shape index (κ3) is 2.38. The van der Waals surface area contributed by atoms with Crippen molar-refractivity contribution in [3.63, 3.8) is 0 Å². The summed E-state index contributed by atoms with van der Waals surface area (Å²) < 4.78 is 0.906. The van der Waals surface area contributed by atoms with Gasteiger partial charge in [-0.15, -0.1) is 0 Å². The monoisotopic (exact) mass is 405 g/mol. The summed E-state index contributed by atoms with van der Waals surface area (Å²) in [6, 6.07) is 13.3. The predicted octanol–water partition coefficient (Wildman–Crippen LogP) is 4.90. The number of hydrogen-bond acceptors (Lipinski definition) is 3. The molecule has 0 aliphatic carbocycles. The molecule has 4 nitrogen and oxygen atoms in total. The number of nitrogens with zero attached hydrogens (tertiary/aromatic N) is 2. The highest BCUT2D eigenvalue weighted by Crippen LogP contribution is 2.44. The van der Waals surface area contributed by atoms with Crippen molar-refractivity contribution in [2.75, 3.05) is 16.9 Å². The van der Waals surface area contributed by atoms with Crippen molar-refractivity contribution < 1.29 is 4.79 Å². The Labute approximate surface area is 154 Å². The topological polar surface area (TPSA) is 35.6 Å². The smallest absolute Gasteiger partial charge is 0.276 e. The molecule has 1 amide bonds. The summed E-state index contributed by atoms with van der Waals surface area (Å²) in [5.41, 5.74) is 5.49. The van der Waals surface area contributed by atoms with Gasteiger partial charge >= 0.3 is 0 Å². The van der Waals surface area contributed by atoms with Crippen LogP contribution in [0.5, 0.6) is 0 Å². The molecule has 0 spiro atoms. The Hall–Kier alpha value is -1.72. The summed E-state index contributed by atoms with van der Waals surface area (Å²) in [5.74, 6) is -0.0121. The Bertz CT molecular complexity index is 810. The highest BCUT2D eigenvalue weighted by molar-refractivity contribution is 9.10. The van der Waals surface area contributed by atoms with Crippen LogP contribution in [0.3, 0.4) is 0 Å². The third-order valence-corrected chi connectivity index (χ3v) is 5.61. The average Bonchev–Trinajstić information content (AvgIpc) is 2.96. The zero-order chi connectivity index (χ0) is 16.9. The number of hydrazine groups is 1. The lowest BCUT2D eigenvalue weighted by Gasteiger charge is -2.49. The zero-order valence-electron chi connectivity index (χ0n) is 13.2. The number of fused-ring (bicyclic) bond motifs is 3. The Balaban J connectivity index is 1.78. The molecule has 0 saturated carbocycles. The summed E-state index contributed by atoms with van der Waals surface area (Å²) in [7, 11) is 0. The maximum atomic E-state index is 13.2. The fourth-order valence-corrected chi connectivity index (χ4v) is 4.13. The standard InChI is InChI=1S/C18H17BrClN3O/c1-18-9-2-10-22(18)16-8-3-12(19)11-15(16)17(24)23(18)21-14-6-4-13(20)5-7-14/h3-8,11,21H,2,9-10H2,1H3. The Morgan fingerprint density at radius 3 is 2.71 bits per heavy atom. The van der Waals surface area contributed by atoms with Crippen molar-refractivity contribution in [2.45, 2.75) is 25.4 Å². The van der Waals surface area contributed by atoms with Gasteiger partial charge in [-0.3, -0.25) is 10.2 Å². The van der Waals surface area contributed by atoms with E-state index in [2.05, 4.69) is 33.2 Å². The van der Waals surface area contributed by atoms with Crippen LogP contribution in [0.25, 0.3) is 0 Å². The molecule has 1 fully saturated rings. The number of carbonyl (C=O) groups excluding carboxylic acids is 1. The Morgan fingerprint density at radius 1 is 1.21 bits per heavy atom. The first-order valence-corrected chi connectivity index (χ1v) is 9.10. The predicted molar refractivity (Wildman–Crippen MR) is 100 cm³/mol. The second-order valence-electron chi connectivity index (χ2n) is 6.39. The van der Waals surface area contributed by atoms with Crippen molar-refractivity contribution >= 4 is 44.8 Å². The van der Waals surface area contributed by atoms with Crippen LogP contribution in [0.4, 0.5) is 11.4 Å². The van der Waals surface area contributed by atoms with Crippen LogP contribution in [0.1, 0.15) is 30.1 Å². The van der Waals surface area contributed by atoms with E-state index in [4.69, 9.17) is 11.6 Å². The number of rotatable bonds is 2. The molecule has 1 unspecified atom stereocenters. The average molecular weight is 407 g/mol. The molecular weight excluding hydrogens is 390 g/mol. The molecule has 124 valence electrons. The van der Waals surface area contributed by atoms with Crippen LogP contribution in [-0.4, -0.2) is 23.1 Å². The number of hydrogen-bond donors (Lipinski definition) is 1. The van der Waals surface area contributed by atoms with Crippen molar-refractivity contribution in [3.8, 4) is 0 Å².